The predicted molar refractivity (Wildman–Crippen MR) is 93.3 cm³/mol. The summed E-state index contributed by atoms with van der Waals surface area (Å²) in [5.41, 5.74) is 1.76. The number of aromatic nitrogens is 2. The lowest BCUT2D eigenvalue weighted by atomic mass is 9.86. The van der Waals surface area contributed by atoms with E-state index in [0.717, 1.165) is 30.5 Å². The van der Waals surface area contributed by atoms with Crippen molar-refractivity contribution in [3.63, 3.8) is 0 Å². The molecule has 0 aliphatic heterocycles. The number of hydrogen-bond donors (Lipinski definition) is 3. The van der Waals surface area contributed by atoms with Crippen LogP contribution in [0.15, 0.2) is 36.5 Å². The Morgan fingerprint density at radius 2 is 2.21 bits per heavy atom. The summed E-state index contributed by atoms with van der Waals surface area (Å²) in [7, 11) is 0. The van der Waals surface area contributed by atoms with Crippen molar-refractivity contribution in [2.24, 2.45) is 5.41 Å². The largest absolute Gasteiger partial charge is 0.396 e. The molecule has 1 aliphatic carbocycles. The number of rotatable bonds is 4. The first-order valence-corrected chi connectivity index (χ1v) is 8.32. The van der Waals surface area contributed by atoms with E-state index in [-0.39, 0.29) is 24.1 Å². The van der Waals surface area contributed by atoms with Crippen LogP contribution < -0.4 is 10.6 Å². The standard InChI is InChI=1S/C18H24N4O2/c1-13-6-3-4-7-14(13)22-16(9-11-19-22)21-17(24)20-15-8-5-10-18(15,2)12-23/h3-4,6-7,9,11,15,23H,5,8,10,12H2,1-2H3,(H2,20,21,24). The fraction of sp³-hybridized carbons (Fsp3) is 0.444. The highest BCUT2D eigenvalue weighted by atomic mass is 16.3. The van der Waals surface area contributed by atoms with Crippen LogP contribution in [0.25, 0.3) is 5.69 Å². The van der Waals surface area contributed by atoms with Crippen molar-refractivity contribution < 1.29 is 9.90 Å². The number of aryl methyl sites for hydroxylation is 1. The van der Waals surface area contributed by atoms with Gasteiger partial charge in [0.05, 0.1) is 18.5 Å². The number of para-hydroxylation sites is 1. The number of aliphatic hydroxyl groups is 1. The summed E-state index contributed by atoms with van der Waals surface area (Å²) in [5.74, 6) is 0.616. The van der Waals surface area contributed by atoms with Gasteiger partial charge in [0.1, 0.15) is 5.82 Å². The maximum absolute atomic E-state index is 12.4. The number of carbonyl (C=O) groups is 1. The van der Waals surface area contributed by atoms with Crippen molar-refractivity contribution >= 4 is 11.8 Å². The summed E-state index contributed by atoms with van der Waals surface area (Å²) < 4.78 is 1.72. The topological polar surface area (TPSA) is 79.2 Å². The van der Waals surface area contributed by atoms with Gasteiger partial charge in [-0.25, -0.2) is 9.48 Å². The number of urea groups is 1. The van der Waals surface area contributed by atoms with Crippen molar-refractivity contribution in [3.05, 3.63) is 42.1 Å². The molecule has 1 aromatic heterocycles. The van der Waals surface area contributed by atoms with Crippen LogP contribution in [-0.4, -0.2) is 33.6 Å². The molecule has 0 saturated heterocycles. The highest BCUT2D eigenvalue weighted by Crippen LogP contribution is 2.37. The Morgan fingerprint density at radius 3 is 2.96 bits per heavy atom. The summed E-state index contributed by atoms with van der Waals surface area (Å²) in [5, 5.41) is 19.8. The van der Waals surface area contributed by atoms with E-state index < -0.39 is 0 Å². The summed E-state index contributed by atoms with van der Waals surface area (Å²) >= 11 is 0. The van der Waals surface area contributed by atoms with Gasteiger partial charge in [-0.2, -0.15) is 5.10 Å². The van der Waals surface area contributed by atoms with Crippen molar-refractivity contribution in [3.8, 4) is 5.69 Å². The van der Waals surface area contributed by atoms with Gasteiger partial charge >= 0.3 is 6.03 Å². The number of aliphatic hydroxyl groups excluding tert-OH is 1. The van der Waals surface area contributed by atoms with Crippen LogP contribution in [0, 0.1) is 12.3 Å². The molecule has 0 spiro atoms. The summed E-state index contributed by atoms with van der Waals surface area (Å²) in [6.45, 7) is 4.10. The van der Waals surface area contributed by atoms with Gasteiger partial charge in [0.25, 0.3) is 0 Å². The highest BCUT2D eigenvalue weighted by molar-refractivity contribution is 5.89. The lowest BCUT2D eigenvalue weighted by molar-refractivity contribution is 0.122. The minimum Gasteiger partial charge on any atom is -0.396 e. The zero-order valence-corrected chi connectivity index (χ0v) is 14.1. The number of nitrogens with zero attached hydrogens (tertiary/aromatic N) is 2. The monoisotopic (exact) mass is 328 g/mol. The average molecular weight is 328 g/mol. The van der Waals surface area contributed by atoms with Crippen molar-refractivity contribution in [2.45, 2.75) is 39.2 Å². The SMILES string of the molecule is Cc1ccccc1-n1nccc1NC(=O)NC1CCCC1(C)CO. The quantitative estimate of drug-likeness (QED) is 0.807. The molecule has 6 heteroatoms. The highest BCUT2D eigenvalue weighted by Gasteiger charge is 2.39. The minimum atomic E-state index is -0.267. The molecule has 3 rings (SSSR count). The van der Waals surface area contributed by atoms with Gasteiger partial charge in [-0.15, -0.1) is 0 Å². The maximum atomic E-state index is 12.4. The van der Waals surface area contributed by atoms with Crippen LogP contribution in [-0.2, 0) is 0 Å². The van der Waals surface area contributed by atoms with Crippen LogP contribution >= 0.6 is 0 Å². The van der Waals surface area contributed by atoms with Crippen LogP contribution in [0.1, 0.15) is 31.7 Å². The summed E-state index contributed by atoms with van der Waals surface area (Å²) in [6.07, 6.45) is 4.50. The normalized spacial score (nSPS) is 23.2. The van der Waals surface area contributed by atoms with E-state index >= 15 is 0 Å². The zero-order valence-electron chi connectivity index (χ0n) is 14.1. The first kappa shape index (κ1) is 16.5. The molecule has 2 aromatic rings. The van der Waals surface area contributed by atoms with Crippen molar-refractivity contribution in [1.82, 2.24) is 15.1 Å². The van der Waals surface area contributed by atoms with E-state index in [9.17, 15) is 9.90 Å². The maximum Gasteiger partial charge on any atom is 0.320 e. The smallest absolute Gasteiger partial charge is 0.320 e. The molecule has 6 nitrogen and oxygen atoms in total. The van der Waals surface area contributed by atoms with E-state index in [0.29, 0.717) is 5.82 Å². The van der Waals surface area contributed by atoms with Crippen LogP contribution in [0.3, 0.4) is 0 Å². The molecule has 2 amide bonds. The Balaban J connectivity index is 1.73. The second kappa shape index (κ2) is 6.65. The number of carbonyl (C=O) groups excluding carboxylic acids is 1. The molecule has 1 fully saturated rings. The fourth-order valence-electron chi connectivity index (χ4n) is 3.37. The molecular formula is C18H24N4O2. The third-order valence-corrected chi connectivity index (χ3v) is 4.98. The molecule has 1 heterocycles. The average Bonchev–Trinajstić information content (AvgIpc) is 3.16. The first-order valence-electron chi connectivity index (χ1n) is 8.32. The molecular weight excluding hydrogens is 304 g/mol. The first-order chi connectivity index (χ1) is 11.5. The van der Waals surface area contributed by atoms with Crippen molar-refractivity contribution in [2.75, 3.05) is 11.9 Å². The lowest BCUT2D eigenvalue weighted by Gasteiger charge is -2.30. The number of hydrogen-bond acceptors (Lipinski definition) is 3. The van der Waals surface area contributed by atoms with Gasteiger partial charge in [0.2, 0.25) is 0 Å². The summed E-state index contributed by atoms with van der Waals surface area (Å²) in [6, 6.07) is 9.37. The second-order valence-electron chi connectivity index (χ2n) is 6.77. The van der Waals surface area contributed by atoms with E-state index in [4.69, 9.17) is 0 Å². The van der Waals surface area contributed by atoms with Crippen LogP contribution in [0.4, 0.5) is 10.6 Å². The Morgan fingerprint density at radius 1 is 1.42 bits per heavy atom. The van der Waals surface area contributed by atoms with Gasteiger partial charge in [0, 0.05) is 17.5 Å². The molecule has 2 unspecified atom stereocenters. The van der Waals surface area contributed by atoms with E-state index in [2.05, 4.69) is 15.7 Å². The van der Waals surface area contributed by atoms with Crippen LogP contribution in [0.5, 0.6) is 0 Å². The summed E-state index contributed by atoms with van der Waals surface area (Å²) in [4.78, 5) is 12.4. The second-order valence-corrected chi connectivity index (χ2v) is 6.77. The van der Waals surface area contributed by atoms with Gasteiger partial charge in [-0.05, 0) is 31.4 Å². The van der Waals surface area contributed by atoms with Gasteiger partial charge < -0.3 is 10.4 Å². The number of benzene rings is 1. The predicted octanol–water partition coefficient (Wildman–Crippen LogP) is 2.85. The minimum absolute atomic E-state index is 0.0164. The van der Waals surface area contributed by atoms with Gasteiger partial charge in [-0.3, -0.25) is 5.32 Å². The number of nitrogens with one attached hydrogen (secondary N) is 2. The van der Waals surface area contributed by atoms with Gasteiger partial charge in [0.15, 0.2) is 0 Å². The molecule has 0 radical (unpaired) electrons. The molecule has 1 saturated carbocycles. The Labute approximate surface area is 141 Å². The molecule has 0 bridgehead atoms. The third-order valence-electron chi connectivity index (χ3n) is 4.98. The Kier molecular flexibility index (Phi) is 4.57. The van der Waals surface area contributed by atoms with Crippen molar-refractivity contribution in [1.29, 1.82) is 0 Å². The molecule has 128 valence electrons. The van der Waals surface area contributed by atoms with E-state index in [1.807, 2.05) is 38.1 Å². The van der Waals surface area contributed by atoms with Crippen LogP contribution in [0.2, 0.25) is 0 Å². The fourth-order valence-corrected chi connectivity index (χ4v) is 3.37. The Bertz CT molecular complexity index is 727. The lowest BCUT2D eigenvalue weighted by Crippen LogP contribution is -2.46. The molecule has 1 aromatic carbocycles. The third kappa shape index (κ3) is 3.14. The Hall–Kier alpha value is -2.34. The van der Waals surface area contributed by atoms with E-state index in [1.165, 1.54) is 0 Å². The number of anilines is 1. The van der Waals surface area contributed by atoms with E-state index in [1.54, 1.807) is 16.9 Å². The molecule has 2 atom stereocenters. The molecule has 24 heavy (non-hydrogen) atoms. The zero-order chi connectivity index (χ0) is 17.2. The van der Waals surface area contributed by atoms with Gasteiger partial charge in [-0.1, -0.05) is 31.5 Å². The number of amides is 2. The molecule has 3 N–H and O–H groups in total. The molecule has 1 aliphatic rings.